The van der Waals surface area contributed by atoms with E-state index < -0.39 is 0 Å². The van der Waals surface area contributed by atoms with E-state index in [2.05, 4.69) is 10.1 Å². The normalized spacial score (nSPS) is 11.7. The van der Waals surface area contributed by atoms with Gasteiger partial charge < -0.3 is 9.64 Å². The average Bonchev–Trinajstić information content (AvgIpc) is 3.26. The Labute approximate surface area is 163 Å². The van der Waals surface area contributed by atoms with E-state index in [1.165, 1.54) is 13.3 Å². The molecule has 0 saturated carbocycles. The molecule has 0 saturated heterocycles. The fourth-order valence-electron chi connectivity index (χ4n) is 2.72. The summed E-state index contributed by atoms with van der Waals surface area (Å²) in [6.45, 7) is 3.40. The number of ether oxygens (including phenoxy) is 1. The van der Waals surface area contributed by atoms with Crippen LogP contribution in [0.1, 0.15) is 35.8 Å². The molecular formula is C21H22N4O3. The van der Waals surface area contributed by atoms with Crippen molar-refractivity contribution < 1.29 is 14.3 Å². The van der Waals surface area contributed by atoms with E-state index in [4.69, 9.17) is 4.74 Å². The maximum Gasteiger partial charge on any atom is 0.260 e. The van der Waals surface area contributed by atoms with Gasteiger partial charge in [-0.3, -0.25) is 9.59 Å². The SMILES string of the molecule is CC(=O)c1ccc(OCC(=O)N(C)C(C)c2ccc(-n3cncn3)cc2)cc1. The fraction of sp³-hybridized carbons (Fsp3) is 0.238. The molecule has 0 radical (unpaired) electrons. The molecule has 0 N–H and O–H groups in total. The molecule has 0 bridgehead atoms. The van der Waals surface area contributed by atoms with Crippen molar-refractivity contribution in [2.24, 2.45) is 0 Å². The molecule has 28 heavy (non-hydrogen) atoms. The van der Waals surface area contributed by atoms with Gasteiger partial charge in [-0.25, -0.2) is 9.67 Å². The quantitative estimate of drug-likeness (QED) is 0.591. The number of hydrogen-bond acceptors (Lipinski definition) is 5. The van der Waals surface area contributed by atoms with Crippen LogP contribution in [0, 0.1) is 0 Å². The van der Waals surface area contributed by atoms with Gasteiger partial charge in [0.2, 0.25) is 0 Å². The summed E-state index contributed by atoms with van der Waals surface area (Å²) in [5.74, 6) is 0.408. The molecule has 144 valence electrons. The number of hydrogen-bond donors (Lipinski definition) is 0. The van der Waals surface area contributed by atoms with Crippen LogP contribution in [0.3, 0.4) is 0 Å². The Morgan fingerprint density at radius 1 is 1.11 bits per heavy atom. The smallest absolute Gasteiger partial charge is 0.260 e. The maximum atomic E-state index is 12.5. The summed E-state index contributed by atoms with van der Waals surface area (Å²) < 4.78 is 7.23. The predicted octanol–water partition coefficient (Wildman–Crippen LogP) is 3.07. The van der Waals surface area contributed by atoms with Crippen molar-refractivity contribution >= 4 is 11.7 Å². The predicted molar refractivity (Wildman–Crippen MR) is 104 cm³/mol. The summed E-state index contributed by atoms with van der Waals surface area (Å²) in [6.07, 6.45) is 3.12. The molecular weight excluding hydrogens is 356 g/mol. The minimum absolute atomic E-state index is 0.00831. The minimum atomic E-state index is -0.136. The second kappa shape index (κ2) is 8.47. The molecule has 3 rings (SSSR count). The Hall–Kier alpha value is -3.48. The van der Waals surface area contributed by atoms with Crippen LogP contribution in [0.4, 0.5) is 0 Å². The van der Waals surface area contributed by atoms with Gasteiger partial charge in [0.15, 0.2) is 12.4 Å². The molecule has 1 amide bonds. The summed E-state index contributed by atoms with van der Waals surface area (Å²) in [5.41, 5.74) is 2.52. The van der Waals surface area contributed by atoms with Crippen molar-refractivity contribution in [1.29, 1.82) is 0 Å². The average molecular weight is 378 g/mol. The summed E-state index contributed by atoms with van der Waals surface area (Å²) in [4.78, 5) is 29.4. The van der Waals surface area contributed by atoms with Gasteiger partial charge in [0.25, 0.3) is 5.91 Å². The number of Topliss-reactive ketones (excluding diaryl/α,β-unsaturated/α-hetero) is 1. The van der Waals surface area contributed by atoms with Gasteiger partial charge in [-0.05, 0) is 55.8 Å². The van der Waals surface area contributed by atoms with Gasteiger partial charge in [-0.2, -0.15) is 5.10 Å². The van der Waals surface area contributed by atoms with Crippen molar-refractivity contribution in [3.63, 3.8) is 0 Å². The molecule has 0 aliphatic carbocycles. The Morgan fingerprint density at radius 3 is 2.36 bits per heavy atom. The molecule has 0 fully saturated rings. The second-order valence-electron chi connectivity index (χ2n) is 6.48. The highest BCUT2D eigenvalue weighted by Crippen LogP contribution is 2.21. The van der Waals surface area contributed by atoms with Crippen LogP contribution in [0.5, 0.6) is 5.75 Å². The monoisotopic (exact) mass is 378 g/mol. The highest BCUT2D eigenvalue weighted by Gasteiger charge is 2.18. The van der Waals surface area contributed by atoms with Crippen LogP contribution in [0.15, 0.2) is 61.2 Å². The molecule has 1 heterocycles. The lowest BCUT2D eigenvalue weighted by Gasteiger charge is -2.25. The van der Waals surface area contributed by atoms with Crippen molar-refractivity contribution in [2.45, 2.75) is 19.9 Å². The number of amides is 1. The van der Waals surface area contributed by atoms with Crippen molar-refractivity contribution in [3.8, 4) is 11.4 Å². The Morgan fingerprint density at radius 2 is 1.79 bits per heavy atom. The Balaban J connectivity index is 1.58. The number of likely N-dealkylation sites (N-methyl/N-ethyl adjacent to an activating group) is 1. The molecule has 1 aromatic heterocycles. The minimum Gasteiger partial charge on any atom is -0.484 e. The number of ketones is 1. The highest BCUT2D eigenvalue weighted by atomic mass is 16.5. The lowest BCUT2D eigenvalue weighted by Crippen LogP contribution is -2.33. The maximum absolute atomic E-state index is 12.5. The molecule has 0 aliphatic rings. The van der Waals surface area contributed by atoms with Crippen molar-refractivity contribution in [2.75, 3.05) is 13.7 Å². The first-order chi connectivity index (χ1) is 13.5. The number of aromatic nitrogens is 3. The van der Waals surface area contributed by atoms with E-state index in [-0.39, 0.29) is 24.3 Å². The van der Waals surface area contributed by atoms with E-state index >= 15 is 0 Å². The summed E-state index contributed by atoms with van der Waals surface area (Å²) in [5, 5.41) is 4.10. The van der Waals surface area contributed by atoms with Crippen LogP contribution in [-0.4, -0.2) is 45.0 Å². The molecule has 3 aromatic rings. The van der Waals surface area contributed by atoms with Crippen LogP contribution >= 0.6 is 0 Å². The Kier molecular flexibility index (Phi) is 5.84. The number of nitrogens with zero attached hydrogens (tertiary/aromatic N) is 4. The van der Waals surface area contributed by atoms with Crippen LogP contribution in [0.25, 0.3) is 5.69 Å². The number of carbonyl (C=O) groups excluding carboxylic acids is 2. The van der Waals surface area contributed by atoms with E-state index in [1.54, 1.807) is 47.2 Å². The lowest BCUT2D eigenvalue weighted by atomic mass is 10.1. The first kappa shape index (κ1) is 19.3. The zero-order chi connectivity index (χ0) is 20.1. The topological polar surface area (TPSA) is 77.3 Å². The van der Waals surface area contributed by atoms with Crippen molar-refractivity contribution in [3.05, 3.63) is 72.3 Å². The first-order valence-electron chi connectivity index (χ1n) is 8.90. The molecule has 2 aromatic carbocycles. The van der Waals surface area contributed by atoms with Crippen LogP contribution in [-0.2, 0) is 4.79 Å². The van der Waals surface area contributed by atoms with E-state index in [1.807, 2.05) is 31.2 Å². The van der Waals surface area contributed by atoms with Gasteiger partial charge >= 0.3 is 0 Å². The summed E-state index contributed by atoms with van der Waals surface area (Å²) in [7, 11) is 1.75. The Bertz CT molecular complexity index is 935. The van der Waals surface area contributed by atoms with E-state index in [0.29, 0.717) is 11.3 Å². The van der Waals surface area contributed by atoms with E-state index in [0.717, 1.165) is 11.3 Å². The molecule has 7 heteroatoms. The third-order valence-corrected chi connectivity index (χ3v) is 4.66. The first-order valence-corrected chi connectivity index (χ1v) is 8.90. The molecule has 1 unspecified atom stereocenters. The third-order valence-electron chi connectivity index (χ3n) is 4.66. The number of rotatable bonds is 7. The second-order valence-corrected chi connectivity index (χ2v) is 6.48. The summed E-state index contributed by atoms with van der Waals surface area (Å²) in [6, 6.07) is 14.4. The highest BCUT2D eigenvalue weighted by molar-refractivity contribution is 5.94. The van der Waals surface area contributed by atoms with Gasteiger partial charge in [-0.1, -0.05) is 12.1 Å². The molecule has 0 aliphatic heterocycles. The molecule has 0 spiro atoms. The van der Waals surface area contributed by atoms with Crippen LogP contribution < -0.4 is 4.74 Å². The largest absolute Gasteiger partial charge is 0.484 e. The summed E-state index contributed by atoms with van der Waals surface area (Å²) >= 11 is 0. The van der Waals surface area contributed by atoms with E-state index in [9.17, 15) is 9.59 Å². The molecule has 7 nitrogen and oxygen atoms in total. The zero-order valence-corrected chi connectivity index (χ0v) is 16.1. The lowest BCUT2D eigenvalue weighted by molar-refractivity contribution is -0.134. The van der Waals surface area contributed by atoms with Crippen LogP contribution in [0.2, 0.25) is 0 Å². The van der Waals surface area contributed by atoms with Gasteiger partial charge in [0.1, 0.15) is 18.4 Å². The molecule has 1 atom stereocenters. The third kappa shape index (κ3) is 4.43. The van der Waals surface area contributed by atoms with Gasteiger partial charge in [0.05, 0.1) is 11.7 Å². The van der Waals surface area contributed by atoms with Crippen molar-refractivity contribution in [1.82, 2.24) is 19.7 Å². The van der Waals surface area contributed by atoms with Gasteiger partial charge in [0, 0.05) is 12.6 Å². The number of carbonyl (C=O) groups is 2. The standard InChI is InChI=1S/C21H22N4O3/c1-15(17-4-8-19(9-5-17)25-14-22-13-23-25)24(3)21(27)12-28-20-10-6-18(7-11-20)16(2)26/h4-11,13-15H,12H2,1-3H3. The number of benzene rings is 2. The zero-order valence-electron chi connectivity index (χ0n) is 16.1. The van der Waals surface area contributed by atoms with Gasteiger partial charge in [-0.15, -0.1) is 0 Å². The fourth-order valence-corrected chi connectivity index (χ4v) is 2.72.